The van der Waals surface area contributed by atoms with Gasteiger partial charge in [-0.15, -0.1) is 0 Å². The minimum absolute atomic E-state index is 0.0702. The van der Waals surface area contributed by atoms with Crippen LogP contribution in [-0.2, 0) is 6.54 Å². The highest BCUT2D eigenvalue weighted by Crippen LogP contribution is 2.28. The maximum absolute atomic E-state index is 14.6. The van der Waals surface area contributed by atoms with Gasteiger partial charge in [0, 0.05) is 26.2 Å². The van der Waals surface area contributed by atoms with Crippen molar-refractivity contribution >= 4 is 26.8 Å². The number of hydrogen-bond acceptors (Lipinski definition) is 4. The zero-order valence-corrected chi connectivity index (χ0v) is 17.9. The van der Waals surface area contributed by atoms with E-state index in [0.717, 1.165) is 51.3 Å². The van der Waals surface area contributed by atoms with Crippen molar-refractivity contribution in [2.45, 2.75) is 45.7 Å². The molecule has 1 aliphatic rings. The predicted octanol–water partition coefficient (Wildman–Crippen LogP) is 3.80. The predicted molar refractivity (Wildman–Crippen MR) is 111 cm³/mol. The molecule has 0 radical (unpaired) electrons. The van der Waals surface area contributed by atoms with Crippen molar-refractivity contribution in [1.29, 1.82) is 0 Å². The number of aromatic nitrogens is 2. The molecule has 0 amide bonds. The molecule has 0 spiro atoms. The van der Waals surface area contributed by atoms with Crippen molar-refractivity contribution in [3.63, 3.8) is 0 Å². The maximum atomic E-state index is 14.6. The molecule has 1 atom stereocenters. The smallest absolute Gasteiger partial charge is 0.264 e. The Morgan fingerprint density at radius 2 is 2.00 bits per heavy atom. The molecule has 1 aromatic carbocycles. The monoisotopic (exact) mass is 438 g/mol. The Morgan fingerprint density at radius 3 is 2.70 bits per heavy atom. The second kappa shape index (κ2) is 8.80. The largest absolute Gasteiger partial charge is 0.305 e. The van der Waals surface area contributed by atoms with Crippen LogP contribution in [-0.4, -0.2) is 52.6 Å². The van der Waals surface area contributed by atoms with Crippen molar-refractivity contribution < 1.29 is 4.39 Å². The van der Waals surface area contributed by atoms with Crippen LogP contribution < -0.4 is 5.56 Å². The van der Waals surface area contributed by atoms with E-state index in [1.165, 1.54) is 0 Å². The zero-order chi connectivity index (χ0) is 19.6. The van der Waals surface area contributed by atoms with Crippen molar-refractivity contribution in [3.05, 3.63) is 38.6 Å². The molecule has 1 saturated heterocycles. The molecule has 1 fully saturated rings. The number of halogens is 2. The van der Waals surface area contributed by atoms with Gasteiger partial charge in [-0.05, 0) is 61.4 Å². The molecule has 27 heavy (non-hydrogen) atoms. The highest BCUT2D eigenvalue weighted by atomic mass is 79.9. The van der Waals surface area contributed by atoms with Gasteiger partial charge in [-0.1, -0.05) is 13.3 Å². The molecular formula is C20H28BrFN4O. The average molecular weight is 439 g/mol. The Hall–Kier alpha value is -1.31. The second-order valence-electron chi connectivity index (χ2n) is 7.27. The lowest BCUT2D eigenvalue weighted by atomic mass is 10.1. The van der Waals surface area contributed by atoms with Crippen LogP contribution >= 0.6 is 15.9 Å². The summed E-state index contributed by atoms with van der Waals surface area (Å²) in [7, 11) is 2.15. The summed E-state index contributed by atoms with van der Waals surface area (Å²) in [4.78, 5) is 22.7. The molecule has 0 N–H and O–H groups in total. The Labute approximate surface area is 168 Å². The van der Waals surface area contributed by atoms with Crippen molar-refractivity contribution in [1.82, 2.24) is 19.4 Å². The first-order valence-electron chi connectivity index (χ1n) is 9.78. The standard InChI is InChI=1S/C20H28BrFN4O/c1-4-7-16(25-11-6-10-24(3)12-13-25)19-23-15-9-8-14(21)18(22)17(15)20(27)26(19)5-2/h8-9,16H,4-7,10-13H2,1-3H3. The van der Waals surface area contributed by atoms with Gasteiger partial charge < -0.3 is 4.90 Å². The second-order valence-corrected chi connectivity index (χ2v) is 8.13. The third-order valence-electron chi connectivity index (χ3n) is 5.41. The SMILES string of the molecule is CCCC(c1nc2ccc(Br)c(F)c2c(=O)n1CC)N1CCCN(C)CC1. The van der Waals surface area contributed by atoms with E-state index >= 15 is 0 Å². The van der Waals surface area contributed by atoms with E-state index in [1.54, 1.807) is 16.7 Å². The summed E-state index contributed by atoms with van der Waals surface area (Å²) in [5.41, 5.74) is 0.151. The topological polar surface area (TPSA) is 41.4 Å². The van der Waals surface area contributed by atoms with Crippen LogP contribution in [0.5, 0.6) is 0 Å². The van der Waals surface area contributed by atoms with Gasteiger partial charge in [0.25, 0.3) is 5.56 Å². The van der Waals surface area contributed by atoms with E-state index in [-0.39, 0.29) is 17.0 Å². The fourth-order valence-corrected chi connectivity index (χ4v) is 4.28. The summed E-state index contributed by atoms with van der Waals surface area (Å²) in [6.45, 7) is 8.59. The molecule has 0 saturated carbocycles. The van der Waals surface area contributed by atoms with Crippen LogP contribution in [0.4, 0.5) is 4.39 Å². The van der Waals surface area contributed by atoms with Crippen LogP contribution in [0.15, 0.2) is 21.4 Å². The molecule has 3 rings (SSSR count). The van der Waals surface area contributed by atoms with Crippen molar-refractivity contribution in [2.75, 3.05) is 33.2 Å². The highest BCUT2D eigenvalue weighted by Gasteiger charge is 2.27. The third kappa shape index (κ3) is 4.10. The molecule has 7 heteroatoms. The minimum atomic E-state index is -0.526. The quantitative estimate of drug-likeness (QED) is 0.711. The molecule has 0 aliphatic carbocycles. The first kappa shape index (κ1) is 20.4. The number of rotatable bonds is 5. The summed E-state index contributed by atoms with van der Waals surface area (Å²) in [6.07, 6.45) is 3.03. The normalized spacial score (nSPS) is 18.0. The molecule has 1 unspecified atom stereocenters. The lowest BCUT2D eigenvalue weighted by Crippen LogP contribution is -2.37. The lowest BCUT2D eigenvalue weighted by molar-refractivity contribution is 0.180. The Balaban J connectivity index is 2.14. The number of fused-ring (bicyclic) bond motifs is 1. The molecule has 5 nitrogen and oxygen atoms in total. The van der Waals surface area contributed by atoms with Crippen LogP contribution in [0.1, 0.15) is 45.0 Å². The van der Waals surface area contributed by atoms with Gasteiger partial charge in [0.05, 0.1) is 16.0 Å². The highest BCUT2D eigenvalue weighted by molar-refractivity contribution is 9.10. The summed E-state index contributed by atoms with van der Waals surface area (Å²) < 4.78 is 16.5. The van der Waals surface area contributed by atoms with Gasteiger partial charge in [-0.25, -0.2) is 9.37 Å². The molecule has 0 bridgehead atoms. The van der Waals surface area contributed by atoms with Gasteiger partial charge in [-0.3, -0.25) is 14.3 Å². The third-order valence-corrected chi connectivity index (χ3v) is 6.03. The van der Waals surface area contributed by atoms with Gasteiger partial charge in [0.2, 0.25) is 0 Å². The number of likely N-dealkylation sites (N-methyl/N-ethyl adjacent to an activating group) is 1. The van der Waals surface area contributed by atoms with E-state index in [1.807, 2.05) is 6.92 Å². The lowest BCUT2D eigenvalue weighted by Gasteiger charge is -2.31. The van der Waals surface area contributed by atoms with Gasteiger partial charge in [0.1, 0.15) is 11.2 Å². The molecule has 2 aromatic rings. The van der Waals surface area contributed by atoms with Crippen LogP contribution in [0.25, 0.3) is 10.9 Å². The number of hydrogen-bond donors (Lipinski definition) is 0. The van der Waals surface area contributed by atoms with Gasteiger partial charge in [0.15, 0.2) is 5.82 Å². The molecular weight excluding hydrogens is 411 g/mol. The molecule has 2 heterocycles. The summed E-state index contributed by atoms with van der Waals surface area (Å²) >= 11 is 3.18. The first-order chi connectivity index (χ1) is 13.0. The van der Waals surface area contributed by atoms with E-state index in [4.69, 9.17) is 4.98 Å². The van der Waals surface area contributed by atoms with Gasteiger partial charge in [-0.2, -0.15) is 0 Å². The van der Waals surface area contributed by atoms with Crippen LogP contribution in [0, 0.1) is 5.82 Å². The molecule has 1 aromatic heterocycles. The summed E-state index contributed by atoms with van der Waals surface area (Å²) in [5.74, 6) is 0.241. The minimum Gasteiger partial charge on any atom is -0.305 e. The Morgan fingerprint density at radius 1 is 1.22 bits per heavy atom. The fraction of sp³-hybridized carbons (Fsp3) is 0.600. The molecule has 1 aliphatic heterocycles. The van der Waals surface area contributed by atoms with Crippen LogP contribution in [0.3, 0.4) is 0 Å². The number of nitrogens with zero attached hydrogens (tertiary/aromatic N) is 4. The van der Waals surface area contributed by atoms with E-state index < -0.39 is 5.82 Å². The van der Waals surface area contributed by atoms with Crippen molar-refractivity contribution in [3.8, 4) is 0 Å². The first-order valence-corrected chi connectivity index (χ1v) is 10.6. The zero-order valence-electron chi connectivity index (χ0n) is 16.3. The van der Waals surface area contributed by atoms with Crippen molar-refractivity contribution in [2.24, 2.45) is 0 Å². The van der Waals surface area contributed by atoms with E-state index in [0.29, 0.717) is 16.5 Å². The Bertz CT molecular complexity index is 869. The number of benzene rings is 1. The maximum Gasteiger partial charge on any atom is 0.264 e. The van der Waals surface area contributed by atoms with Crippen LogP contribution in [0.2, 0.25) is 0 Å². The van der Waals surface area contributed by atoms with E-state index in [2.05, 4.69) is 39.7 Å². The average Bonchev–Trinajstić information content (AvgIpc) is 2.87. The van der Waals surface area contributed by atoms with E-state index in [9.17, 15) is 9.18 Å². The Kier molecular flexibility index (Phi) is 6.65. The van der Waals surface area contributed by atoms with Gasteiger partial charge >= 0.3 is 0 Å². The summed E-state index contributed by atoms with van der Waals surface area (Å²) in [6, 6.07) is 3.43. The fourth-order valence-electron chi connectivity index (χ4n) is 3.95. The summed E-state index contributed by atoms with van der Waals surface area (Å²) in [5, 5.41) is 0.0702. The molecule has 148 valence electrons.